The molecule has 0 fully saturated rings. The van der Waals surface area contributed by atoms with Gasteiger partial charge in [0, 0.05) is 25.0 Å². The number of nitrogens with zero attached hydrogens (tertiary/aromatic N) is 1. The minimum Gasteiger partial charge on any atom is -0.475 e. The number of carboxylic acids is 1. The minimum atomic E-state index is -5.08. The Morgan fingerprint density at radius 1 is 0.787 bits per heavy atom. The van der Waals surface area contributed by atoms with E-state index in [4.69, 9.17) is 25.9 Å². The number of nitrogens with one attached hydrogen (secondary N) is 1. The number of carbonyl (C=O) groups is 3. The lowest BCUT2D eigenvalue weighted by Gasteiger charge is -2.32. The highest BCUT2D eigenvalue weighted by atomic mass is 32.2. The zero-order valence-corrected chi connectivity index (χ0v) is 29.8. The summed E-state index contributed by atoms with van der Waals surface area (Å²) in [6.45, 7) is 7.21. The monoisotopic (exact) mass is 726 g/mol. The van der Waals surface area contributed by atoms with Crippen molar-refractivity contribution in [3.8, 4) is 0 Å². The van der Waals surface area contributed by atoms with Gasteiger partial charge in [-0.25, -0.2) is 31.6 Å². The van der Waals surface area contributed by atoms with Gasteiger partial charge in [-0.1, -0.05) is 70.4 Å². The summed E-state index contributed by atoms with van der Waals surface area (Å²) in [6.07, 6.45) is 14.2. The normalized spacial score (nSPS) is 12.0. The molecule has 7 N–H and O–H groups in total. The maximum absolute atomic E-state index is 11.5. The number of rotatable bonds is 21. The van der Waals surface area contributed by atoms with E-state index >= 15 is 0 Å². The van der Waals surface area contributed by atoms with Gasteiger partial charge in [0.05, 0.1) is 11.5 Å². The molecular weight excluding hydrogens is 669 g/mol. The van der Waals surface area contributed by atoms with Crippen LogP contribution in [0.15, 0.2) is 12.2 Å². The van der Waals surface area contributed by atoms with E-state index in [-0.39, 0.29) is 31.0 Å². The van der Waals surface area contributed by atoms with E-state index in [2.05, 4.69) is 23.8 Å². The van der Waals surface area contributed by atoms with Crippen LogP contribution in [-0.2, 0) is 29.6 Å². The Labute approximate surface area is 278 Å². The average molecular weight is 727 g/mol. The second-order valence-electron chi connectivity index (χ2n) is 11.7. The number of allylic oxidation sites excluding steroid dienone is 2. The quantitative estimate of drug-likeness (QED) is 0.0775. The van der Waals surface area contributed by atoms with Gasteiger partial charge in [0.15, 0.2) is 0 Å². The lowest BCUT2D eigenvalue weighted by molar-refractivity contribution is -0.192. The van der Waals surface area contributed by atoms with Crippen LogP contribution in [0.25, 0.3) is 0 Å². The maximum atomic E-state index is 11.5. The van der Waals surface area contributed by atoms with Gasteiger partial charge >= 0.3 is 18.2 Å². The summed E-state index contributed by atoms with van der Waals surface area (Å²) < 4.78 is 77.8. The lowest BCUT2D eigenvalue weighted by Crippen LogP contribution is -2.47. The fourth-order valence-electron chi connectivity index (χ4n) is 3.72. The van der Waals surface area contributed by atoms with Crippen molar-refractivity contribution < 1.29 is 54.6 Å². The molecule has 2 amide bonds. The van der Waals surface area contributed by atoms with Gasteiger partial charge in [0.1, 0.15) is 0 Å². The molecule has 0 aromatic heterocycles. The van der Waals surface area contributed by atoms with Crippen LogP contribution in [0.3, 0.4) is 0 Å². The highest BCUT2D eigenvalue weighted by Crippen LogP contribution is 2.14. The van der Waals surface area contributed by atoms with E-state index in [0.29, 0.717) is 0 Å². The third-order valence-corrected chi connectivity index (χ3v) is 8.27. The van der Waals surface area contributed by atoms with Crippen molar-refractivity contribution in [1.82, 2.24) is 9.62 Å². The molecule has 0 aromatic carbocycles. The number of primary sulfonamides is 1. The summed E-state index contributed by atoms with van der Waals surface area (Å²) in [4.78, 5) is 32.2. The SMILES string of the molecule is CC(C)(C)N(CCS(N)(=O)=O)C(=O)O.CCCCCCCC/C=C\CCCCCCCC(=O)NS(=O)(=O)CCN.O=C(O)C(F)(F)F. The number of unbranched alkanes of at least 4 members (excludes halogenated alkanes) is 11. The highest BCUT2D eigenvalue weighted by molar-refractivity contribution is 7.90. The van der Waals surface area contributed by atoms with Gasteiger partial charge in [-0.05, 0) is 52.9 Å². The first-order chi connectivity index (χ1) is 21.5. The average Bonchev–Trinajstić information content (AvgIpc) is 2.89. The second-order valence-corrected chi connectivity index (χ2v) is 15.3. The Morgan fingerprint density at radius 3 is 1.57 bits per heavy atom. The summed E-state index contributed by atoms with van der Waals surface area (Å²) in [5, 5.41) is 20.7. The zero-order chi connectivity index (χ0) is 37.2. The van der Waals surface area contributed by atoms with Crippen molar-refractivity contribution in [1.29, 1.82) is 0 Å². The molecule has 0 heterocycles. The van der Waals surface area contributed by atoms with Gasteiger partial charge in [0.25, 0.3) is 0 Å². The molecule has 0 aliphatic carbocycles. The topological polar surface area (TPSA) is 227 Å². The molecule has 280 valence electrons. The number of nitrogens with two attached hydrogens (primary N) is 2. The summed E-state index contributed by atoms with van der Waals surface area (Å²) >= 11 is 0. The van der Waals surface area contributed by atoms with Crippen LogP contribution < -0.4 is 15.6 Å². The van der Waals surface area contributed by atoms with Gasteiger partial charge in [-0.3, -0.25) is 9.52 Å². The summed E-state index contributed by atoms with van der Waals surface area (Å²) in [6, 6.07) is 0. The van der Waals surface area contributed by atoms with Crippen molar-refractivity contribution >= 4 is 38.0 Å². The van der Waals surface area contributed by atoms with Gasteiger partial charge in [0.2, 0.25) is 26.0 Å². The molecule has 0 atom stereocenters. The van der Waals surface area contributed by atoms with Crippen LogP contribution in [0.5, 0.6) is 0 Å². The van der Waals surface area contributed by atoms with Crippen molar-refractivity contribution in [2.45, 2.75) is 129 Å². The highest BCUT2D eigenvalue weighted by Gasteiger charge is 2.38. The molecule has 0 aliphatic rings. The molecule has 18 heteroatoms. The Balaban J connectivity index is -0.000000763. The zero-order valence-electron chi connectivity index (χ0n) is 28.2. The number of amides is 2. The molecule has 13 nitrogen and oxygen atoms in total. The molecule has 0 unspecified atom stereocenters. The van der Waals surface area contributed by atoms with Gasteiger partial charge in [-0.15, -0.1) is 0 Å². The number of hydrogen-bond donors (Lipinski definition) is 5. The minimum absolute atomic E-state index is 0.0238. The number of hydrogen-bond acceptors (Lipinski definition) is 8. The van der Waals surface area contributed by atoms with Gasteiger partial charge in [-0.2, -0.15) is 13.2 Å². The van der Waals surface area contributed by atoms with E-state index in [1.54, 1.807) is 20.8 Å². The molecule has 0 spiro atoms. The van der Waals surface area contributed by atoms with Crippen molar-refractivity contribution in [2.75, 3.05) is 24.6 Å². The fourth-order valence-corrected chi connectivity index (χ4v) is 5.02. The number of carboxylic acid groups (broad SMARTS) is 2. The molecule has 47 heavy (non-hydrogen) atoms. The van der Waals surface area contributed by atoms with Crippen LogP contribution in [0, 0.1) is 0 Å². The standard InChI is InChI=1S/C20H40N2O3S.C7H16N2O4S.C2HF3O2/c1-2-3-4-5-6-7-8-9-10-11-12-13-14-15-16-17-20(23)22-26(24,25)19-18-21;1-7(2,3)9(6(10)11)4-5-14(8,12)13;3-2(4,5)1(6)7/h9-10H,2-8,11-19,21H2,1H3,(H,22,23);4-5H2,1-3H3,(H,10,11)(H2,8,12,13);(H,6,7)/b10-9-;;. The van der Waals surface area contributed by atoms with Crippen molar-refractivity contribution in [3.63, 3.8) is 0 Å². The first-order valence-electron chi connectivity index (χ1n) is 15.7. The van der Waals surface area contributed by atoms with Crippen LogP contribution >= 0.6 is 0 Å². The third kappa shape index (κ3) is 36.2. The van der Waals surface area contributed by atoms with E-state index in [0.717, 1.165) is 37.0 Å². The van der Waals surface area contributed by atoms with E-state index < -0.39 is 49.7 Å². The molecule has 0 bridgehead atoms. The van der Waals surface area contributed by atoms with Gasteiger partial charge < -0.3 is 20.8 Å². The van der Waals surface area contributed by atoms with Crippen LogP contribution in [-0.4, -0.2) is 86.2 Å². The smallest absolute Gasteiger partial charge is 0.475 e. The van der Waals surface area contributed by atoms with E-state index in [9.17, 15) is 39.6 Å². The van der Waals surface area contributed by atoms with Crippen molar-refractivity contribution in [3.05, 3.63) is 12.2 Å². The molecule has 0 aromatic rings. The Morgan fingerprint density at radius 2 is 1.21 bits per heavy atom. The van der Waals surface area contributed by atoms with Crippen molar-refractivity contribution in [2.24, 2.45) is 10.9 Å². The summed E-state index contributed by atoms with van der Waals surface area (Å²) in [7, 11) is -7.15. The Kier molecular flexibility index (Phi) is 27.6. The number of aliphatic carboxylic acids is 1. The molecule has 0 radical (unpaired) electrons. The predicted octanol–water partition coefficient (Wildman–Crippen LogP) is 5.12. The first-order valence-corrected chi connectivity index (χ1v) is 19.1. The molecule has 0 saturated heterocycles. The molecule has 0 aliphatic heterocycles. The molecule has 0 rings (SSSR count). The Bertz CT molecular complexity index is 1110. The number of sulfonamides is 2. The summed E-state index contributed by atoms with van der Waals surface area (Å²) in [5.74, 6) is -3.75. The first kappa shape index (κ1) is 49.0. The van der Waals surface area contributed by atoms with E-state index in [1.807, 2.05) is 0 Å². The third-order valence-electron chi connectivity index (χ3n) is 6.20. The number of halogens is 3. The maximum Gasteiger partial charge on any atom is 0.490 e. The van der Waals surface area contributed by atoms with Crippen LogP contribution in [0.2, 0.25) is 0 Å². The Hall–Kier alpha value is -2.44. The van der Waals surface area contributed by atoms with Crippen LogP contribution in [0.4, 0.5) is 18.0 Å². The lowest BCUT2D eigenvalue weighted by atomic mass is 10.1. The molecule has 0 saturated carbocycles. The molecular formula is C29H57F3N4O9S2. The number of alkyl halides is 3. The number of carbonyl (C=O) groups excluding carboxylic acids is 1. The summed E-state index contributed by atoms with van der Waals surface area (Å²) in [5.41, 5.74) is 4.56. The van der Waals surface area contributed by atoms with E-state index in [1.165, 1.54) is 51.4 Å². The van der Waals surface area contributed by atoms with Crippen LogP contribution in [0.1, 0.15) is 118 Å². The predicted molar refractivity (Wildman–Crippen MR) is 177 cm³/mol. The second kappa shape index (κ2) is 26.5. The largest absolute Gasteiger partial charge is 0.490 e. The fraction of sp³-hybridized carbons (Fsp3) is 0.828.